The third-order valence-electron chi connectivity index (χ3n) is 8.90. The quantitative estimate of drug-likeness (QED) is 0.318. The number of rotatable bonds is 5. The molecule has 6 N–H and O–H groups in total. The second-order valence-electron chi connectivity index (χ2n) is 11.3. The molecule has 0 bridgehead atoms. The van der Waals surface area contributed by atoms with Crippen molar-refractivity contribution in [2.75, 3.05) is 13.2 Å². The largest absolute Gasteiger partial charge is 0.396 e. The Labute approximate surface area is 201 Å². The predicted molar refractivity (Wildman–Crippen MR) is 124 cm³/mol. The minimum absolute atomic E-state index is 0.0993. The lowest BCUT2D eigenvalue weighted by Gasteiger charge is -2.45. The van der Waals surface area contributed by atoms with Crippen molar-refractivity contribution in [2.24, 2.45) is 29.1 Å². The van der Waals surface area contributed by atoms with Gasteiger partial charge in [-0.25, -0.2) is 0 Å². The first-order chi connectivity index (χ1) is 16.0. The van der Waals surface area contributed by atoms with E-state index >= 15 is 0 Å². The highest BCUT2D eigenvalue weighted by atomic mass is 16.7. The van der Waals surface area contributed by atoms with Crippen molar-refractivity contribution in [3.8, 4) is 0 Å². The summed E-state index contributed by atoms with van der Waals surface area (Å²) in [6.45, 7) is 7.96. The summed E-state index contributed by atoms with van der Waals surface area (Å²) in [5.41, 5.74) is 3.03. The molecular formula is C26H42O8. The molecule has 8 nitrogen and oxygen atoms in total. The van der Waals surface area contributed by atoms with Gasteiger partial charge < -0.3 is 40.1 Å². The molecule has 1 aliphatic heterocycles. The molecule has 0 unspecified atom stereocenters. The minimum atomic E-state index is -1.54. The Kier molecular flexibility index (Phi) is 7.64. The smallest absolute Gasteiger partial charge is 0.187 e. The second kappa shape index (κ2) is 9.90. The predicted octanol–water partition coefficient (Wildman–Crippen LogP) is 0.880. The first kappa shape index (κ1) is 26.2. The van der Waals surface area contributed by atoms with E-state index in [2.05, 4.69) is 26.8 Å². The molecule has 0 amide bonds. The molecule has 4 rings (SSSR count). The van der Waals surface area contributed by atoms with Gasteiger partial charge in [0.1, 0.15) is 30.5 Å². The highest BCUT2D eigenvalue weighted by Crippen LogP contribution is 2.55. The lowest BCUT2D eigenvalue weighted by molar-refractivity contribution is -0.315. The molecule has 8 heteroatoms. The van der Waals surface area contributed by atoms with Crippen molar-refractivity contribution in [1.29, 1.82) is 0 Å². The maximum Gasteiger partial charge on any atom is 0.187 e. The molecule has 4 aliphatic rings. The van der Waals surface area contributed by atoms with Crippen molar-refractivity contribution in [3.05, 3.63) is 22.8 Å². The fraction of sp³-hybridized carbons (Fsp3) is 0.846. The molecule has 0 spiro atoms. The van der Waals surface area contributed by atoms with Crippen LogP contribution in [-0.2, 0) is 9.47 Å². The second-order valence-corrected chi connectivity index (χ2v) is 11.3. The standard InChI is InChI=1S/C26H42O8/c1-12(2)15-7-8-26(4)9-17-14(10-27)5-6-16(17)13(3)20(29)24(19(15)26)34-25-23(32)22(31)21(30)18(11-28)33-25/h9,12-14,16,18,20-25,27-32H,5-8,10-11H2,1-4H3/b17-9-/t13-,14-,16+,18-,20-,21-,22+,23-,24-,25-,26-/m1/s1. The Morgan fingerprint density at radius 3 is 2.35 bits per heavy atom. The van der Waals surface area contributed by atoms with E-state index in [0.717, 1.165) is 31.3 Å². The van der Waals surface area contributed by atoms with E-state index in [9.17, 15) is 30.6 Å². The number of aliphatic hydroxyl groups excluding tert-OH is 6. The summed E-state index contributed by atoms with van der Waals surface area (Å²) < 4.78 is 12.0. The van der Waals surface area contributed by atoms with E-state index in [4.69, 9.17) is 9.47 Å². The average Bonchev–Trinajstić information content (AvgIpc) is 3.36. The van der Waals surface area contributed by atoms with Crippen LogP contribution < -0.4 is 0 Å². The van der Waals surface area contributed by atoms with Crippen LogP contribution in [0.15, 0.2) is 22.8 Å². The lowest BCUT2D eigenvalue weighted by atomic mass is 9.68. The van der Waals surface area contributed by atoms with Gasteiger partial charge in [0.25, 0.3) is 0 Å². The van der Waals surface area contributed by atoms with Crippen LogP contribution in [0.2, 0.25) is 0 Å². The van der Waals surface area contributed by atoms with Gasteiger partial charge in [0.05, 0.1) is 12.7 Å². The molecule has 11 atom stereocenters. The van der Waals surface area contributed by atoms with Gasteiger partial charge in [0.2, 0.25) is 0 Å². The van der Waals surface area contributed by atoms with Gasteiger partial charge in [-0.15, -0.1) is 0 Å². The molecule has 34 heavy (non-hydrogen) atoms. The van der Waals surface area contributed by atoms with Gasteiger partial charge >= 0.3 is 0 Å². The zero-order valence-corrected chi connectivity index (χ0v) is 20.7. The Hall–Kier alpha value is -0.840. The van der Waals surface area contributed by atoms with E-state index in [0.29, 0.717) is 0 Å². The molecule has 1 saturated carbocycles. The van der Waals surface area contributed by atoms with Gasteiger partial charge in [0.15, 0.2) is 6.29 Å². The van der Waals surface area contributed by atoms with Crippen molar-refractivity contribution in [2.45, 2.75) is 96.3 Å². The molecule has 2 fully saturated rings. The fourth-order valence-corrected chi connectivity index (χ4v) is 6.82. The molecule has 0 aromatic carbocycles. The van der Waals surface area contributed by atoms with Crippen LogP contribution in [0.5, 0.6) is 0 Å². The third kappa shape index (κ3) is 4.30. The number of hydrogen-bond donors (Lipinski definition) is 6. The lowest BCUT2D eigenvalue weighted by Crippen LogP contribution is -2.60. The van der Waals surface area contributed by atoms with Gasteiger partial charge in [-0.3, -0.25) is 0 Å². The Morgan fingerprint density at radius 1 is 1.03 bits per heavy atom. The summed E-state index contributed by atoms with van der Waals surface area (Å²) in [6.07, 6.45) is -2.83. The summed E-state index contributed by atoms with van der Waals surface area (Å²) in [4.78, 5) is 0. The topological polar surface area (TPSA) is 140 Å². The number of hydrogen-bond acceptors (Lipinski definition) is 8. The number of allylic oxidation sites excluding steroid dienone is 2. The van der Waals surface area contributed by atoms with E-state index in [1.54, 1.807) is 0 Å². The summed E-state index contributed by atoms with van der Waals surface area (Å²) in [6, 6.07) is 0. The van der Waals surface area contributed by atoms with Gasteiger partial charge in [0, 0.05) is 17.9 Å². The maximum atomic E-state index is 11.7. The van der Waals surface area contributed by atoms with Crippen LogP contribution in [0, 0.1) is 29.1 Å². The molecule has 1 saturated heterocycles. The summed E-state index contributed by atoms with van der Waals surface area (Å²) in [5.74, 6) is 0.285. The van der Waals surface area contributed by atoms with Gasteiger partial charge in [-0.1, -0.05) is 44.9 Å². The first-order valence-corrected chi connectivity index (χ1v) is 12.7. The monoisotopic (exact) mass is 482 g/mol. The Morgan fingerprint density at radius 2 is 1.74 bits per heavy atom. The average molecular weight is 483 g/mol. The van der Waals surface area contributed by atoms with Crippen LogP contribution in [0.4, 0.5) is 0 Å². The van der Waals surface area contributed by atoms with Crippen LogP contribution >= 0.6 is 0 Å². The van der Waals surface area contributed by atoms with Crippen molar-refractivity contribution in [1.82, 2.24) is 0 Å². The van der Waals surface area contributed by atoms with E-state index in [1.807, 2.05) is 6.92 Å². The van der Waals surface area contributed by atoms with E-state index in [-0.39, 0.29) is 35.7 Å². The van der Waals surface area contributed by atoms with Gasteiger partial charge in [-0.2, -0.15) is 0 Å². The Bertz CT molecular complexity index is 807. The van der Waals surface area contributed by atoms with E-state index in [1.165, 1.54) is 11.1 Å². The van der Waals surface area contributed by atoms with Gasteiger partial charge in [-0.05, 0) is 49.0 Å². The number of aliphatic hydroxyl groups is 6. The fourth-order valence-electron chi connectivity index (χ4n) is 6.82. The zero-order valence-electron chi connectivity index (χ0n) is 20.7. The normalized spacial score (nSPS) is 48.9. The van der Waals surface area contributed by atoms with Crippen molar-refractivity contribution in [3.63, 3.8) is 0 Å². The van der Waals surface area contributed by atoms with Crippen LogP contribution in [0.1, 0.15) is 53.4 Å². The van der Waals surface area contributed by atoms with Crippen LogP contribution in [0.3, 0.4) is 0 Å². The SMILES string of the molecule is CC(C)C1=C2[C@@H](O[C@H]3O[C@H](CO)[C@@H](O)[C@H](O)[C@H]3O)[C@H](O)[C@H](C)[C@@H]3CC[C@H](CO)/C3=C/[C@@]2(C)CC1. The highest BCUT2D eigenvalue weighted by Gasteiger charge is 2.52. The first-order valence-electron chi connectivity index (χ1n) is 12.7. The van der Waals surface area contributed by atoms with Crippen molar-refractivity contribution < 1.29 is 40.1 Å². The molecule has 194 valence electrons. The minimum Gasteiger partial charge on any atom is -0.396 e. The van der Waals surface area contributed by atoms with E-state index < -0.39 is 49.5 Å². The van der Waals surface area contributed by atoms with Crippen LogP contribution in [0.25, 0.3) is 0 Å². The zero-order chi connectivity index (χ0) is 24.9. The molecule has 1 heterocycles. The molecule has 3 aliphatic carbocycles. The van der Waals surface area contributed by atoms with Crippen LogP contribution in [-0.4, -0.2) is 86.8 Å². The molecular weight excluding hydrogens is 440 g/mol. The summed E-state index contributed by atoms with van der Waals surface area (Å²) in [7, 11) is 0. The summed E-state index contributed by atoms with van der Waals surface area (Å²) >= 11 is 0. The van der Waals surface area contributed by atoms with Crippen molar-refractivity contribution >= 4 is 0 Å². The Balaban J connectivity index is 1.78. The summed E-state index contributed by atoms with van der Waals surface area (Å²) in [5, 5.41) is 62.5. The molecule has 0 aromatic heterocycles. The molecule has 0 radical (unpaired) electrons. The molecule has 0 aromatic rings. The third-order valence-corrected chi connectivity index (χ3v) is 8.90. The highest BCUT2D eigenvalue weighted by molar-refractivity contribution is 5.41. The maximum absolute atomic E-state index is 11.7. The number of ether oxygens (including phenoxy) is 2. The number of fused-ring (bicyclic) bond motifs is 2.